The first kappa shape index (κ1) is 26.5. The van der Waals surface area contributed by atoms with Crippen molar-refractivity contribution in [3.8, 4) is 0 Å². The summed E-state index contributed by atoms with van der Waals surface area (Å²) in [5, 5.41) is 12.7. The first-order valence-corrected chi connectivity index (χ1v) is 7.79. The van der Waals surface area contributed by atoms with Crippen molar-refractivity contribution in [3.05, 3.63) is 87.6 Å². The van der Waals surface area contributed by atoms with E-state index >= 15 is 0 Å². The smallest absolute Gasteiger partial charge is 0.425 e. The van der Waals surface area contributed by atoms with E-state index in [-0.39, 0.29) is 40.6 Å². The molecule has 10 nitrogen and oxygen atoms in total. The second-order valence-corrected chi connectivity index (χ2v) is 5.00. The van der Waals surface area contributed by atoms with Gasteiger partial charge in [0.25, 0.3) is 7.12 Å². The van der Waals surface area contributed by atoms with Gasteiger partial charge in [-0.2, -0.15) is 0 Å². The second kappa shape index (κ2) is 15.4. The molecule has 0 aliphatic carbocycles. The molecule has 0 saturated carbocycles. The molecule has 1 saturated heterocycles. The zero-order chi connectivity index (χ0) is 20.8. The number of carbonyl (C=O) groups excluding carboxylic acids is 1. The molecule has 1 aliphatic heterocycles. The van der Waals surface area contributed by atoms with E-state index in [1.807, 2.05) is 43.7 Å². The maximum atomic E-state index is 10.4. The Morgan fingerprint density at radius 3 is 1.55 bits per heavy atom. The minimum atomic E-state index is -0.194. The van der Waals surface area contributed by atoms with Crippen LogP contribution in [0, 0.1) is 32.2 Å². The van der Waals surface area contributed by atoms with Crippen LogP contribution in [-0.2, 0) is 39.9 Å². The van der Waals surface area contributed by atoms with Crippen molar-refractivity contribution in [3.63, 3.8) is 0 Å². The van der Waals surface area contributed by atoms with Gasteiger partial charge in [0, 0.05) is 31.4 Å². The van der Waals surface area contributed by atoms with Crippen LogP contribution in [-0.4, -0.2) is 48.6 Å². The van der Waals surface area contributed by atoms with Crippen LogP contribution in [0.5, 0.6) is 0 Å². The van der Waals surface area contributed by atoms with Crippen molar-refractivity contribution in [2.75, 3.05) is 6.61 Å². The average molecular weight is 475 g/mol. The molecule has 0 atom stereocenters. The Bertz CT molecular complexity index is 723. The third-order valence-corrected chi connectivity index (χ3v) is 3.23. The predicted molar refractivity (Wildman–Crippen MR) is 95.0 cm³/mol. The van der Waals surface area contributed by atoms with Gasteiger partial charge in [0.2, 0.25) is 0 Å². The van der Waals surface area contributed by atoms with Crippen LogP contribution in [0.3, 0.4) is 0 Å². The van der Waals surface area contributed by atoms with Crippen molar-refractivity contribution < 1.29 is 39.9 Å². The fourth-order valence-corrected chi connectivity index (χ4v) is 2.11. The van der Waals surface area contributed by atoms with E-state index < -0.39 is 0 Å². The summed E-state index contributed by atoms with van der Waals surface area (Å²) >= 11 is 0. The topological polar surface area (TPSA) is 120 Å². The summed E-state index contributed by atoms with van der Waals surface area (Å²) in [5.74, 6) is 0.0376. The van der Waals surface area contributed by atoms with Gasteiger partial charge in [-0.25, -0.2) is 15.3 Å². The fourth-order valence-electron chi connectivity index (χ4n) is 2.11. The molecule has 0 bridgehead atoms. The van der Waals surface area contributed by atoms with Gasteiger partial charge < -0.3 is 18.5 Å². The van der Waals surface area contributed by atoms with Crippen LogP contribution in [0.4, 0.5) is 0 Å². The van der Waals surface area contributed by atoms with Gasteiger partial charge in [0.15, 0.2) is 5.78 Å². The van der Waals surface area contributed by atoms with Crippen LogP contribution < -0.4 is 0 Å². The number of carbonyl (C=O) groups is 1. The van der Waals surface area contributed by atoms with Crippen LogP contribution in [0.25, 0.3) is 0 Å². The van der Waals surface area contributed by atoms with Crippen molar-refractivity contribution in [1.82, 2.24) is 29.1 Å². The SMILES string of the molecule is C[C]1[CH][CH]C(=O)CO1.[C-]#[O+].[C-]#[O+].[Mo+2].c1cnn([B-](n2cccn2)n2cccn2)c1. The van der Waals surface area contributed by atoms with E-state index in [9.17, 15) is 4.79 Å². The molecule has 0 aromatic carbocycles. The van der Waals surface area contributed by atoms with E-state index in [1.165, 1.54) is 6.42 Å². The van der Waals surface area contributed by atoms with Gasteiger partial charge in [0.05, 0.1) is 6.10 Å². The van der Waals surface area contributed by atoms with Crippen LogP contribution in [0.1, 0.15) is 6.92 Å². The van der Waals surface area contributed by atoms with Gasteiger partial charge in [0.1, 0.15) is 6.61 Å². The molecule has 3 aromatic rings. The fraction of sp³-hybridized carbons (Fsp3) is 0.118. The normalized spacial score (nSPS) is 12.8. The summed E-state index contributed by atoms with van der Waals surface area (Å²) < 4.78 is 25.2. The molecule has 3 aromatic heterocycles. The van der Waals surface area contributed by atoms with Gasteiger partial charge >= 0.3 is 43.7 Å². The summed E-state index contributed by atoms with van der Waals surface area (Å²) in [4.78, 5) is 10.4. The molecule has 4 radical (unpaired) electrons. The van der Waals surface area contributed by atoms with Gasteiger partial charge in [-0.3, -0.25) is 4.79 Å². The molecule has 0 amide bonds. The third kappa shape index (κ3) is 8.58. The number of ketones is 1. The summed E-state index contributed by atoms with van der Waals surface area (Å²) in [6.07, 6.45) is 14.9. The van der Waals surface area contributed by atoms with Crippen molar-refractivity contribution in [2.45, 2.75) is 6.92 Å². The maximum absolute atomic E-state index is 10.4. The molecular weight excluding hydrogens is 459 g/mol. The third-order valence-electron chi connectivity index (χ3n) is 3.23. The molecule has 1 aliphatic rings. The number of Topliss-reactive ketones (excluding diaryl/α,β-unsaturated/α-hetero) is 1. The van der Waals surface area contributed by atoms with Crippen molar-refractivity contribution in [1.29, 1.82) is 0 Å². The molecule has 0 N–H and O–H groups in total. The van der Waals surface area contributed by atoms with E-state index in [2.05, 4.69) is 28.6 Å². The van der Waals surface area contributed by atoms with Crippen molar-refractivity contribution in [2.24, 2.45) is 0 Å². The van der Waals surface area contributed by atoms with Gasteiger partial charge in [-0.1, -0.05) is 0 Å². The molecular formula is C17H16BMoN6O4+. The van der Waals surface area contributed by atoms with E-state index in [1.54, 1.807) is 38.8 Å². The van der Waals surface area contributed by atoms with Gasteiger partial charge in [-0.15, -0.1) is 0 Å². The number of nitrogens with zero attached hydrogens (tertiary/aromatic N) is 6. The quantitative estimate of drug-likeness (QED) is 0.314. The first-order chi connectivity index (χ1) is 13.7. The van der Waals surface area contributed by atoms with E-state index in [4.69, 9.17) is 14.0 Å². The molecule has 0 unspecified atom stereocenters. The molecule has 4 rings (SSSR count). The van der Waals surface area contributed by atoms with E-state index in [0.29, 0.717) is 0 Å². The summed E-state index contributed by atoms with van der Waals surface area (Å²) in [6, 6.07) is 5.62. The number of ether oxygens (including phenoxy) is 1. The number of rotatable bonds is 3. The van der Waals surface area contributed by atoms with Crippen LogP contribution in [0.15, 0.2) is 55.4 Å². The van der Waals surface area contributed by atoms with Crippen LogP contribution in [0.2, 0.25) is 0 Å². The molecule has 12 heteroatoms. The van der Waals surface area contributed by atoms with Gasteiger partial charge in [-0.05, 0) is 43.7 Å². The minimum absolute atomic E-state index is 0. The molecule has 4 heterocycles. The largest absolute Gasteiger partial charge is 2.00 e. The first-order valence-electron chi connectivity index (χ1n) is 7.79. The standard InChI is InChI=1S/C9H9BN6.C6H7O2.2CO.Mo/c1-4-11-14(7-1)10(15-8-2-5-12-15)16-9-3-6-13-16;1-5-2-3-6(7)4-8-5;2*1-2;/h1-9H;2-3H,4H2,1H3;;;/q-1;;;;+2. The Hall–Kier alpha value is -2.51. The predicted octanol–water partition coefficient (Wildman–Crippen LogP) is 0.674. The van der Waals surface area contributed by atoms with Crippen LogP contribution >= 0.6 is 0 Å². The van der Waals surface area contributed by atoms with Crippen molar-refractivity contribution >= 4 is 12.9 Å². The Morgan fingerprint density at radius 1 is 0.897 bits per heavy atom. The summed E-state index contributed by atoms with van der Waals surface area (Å²) in [7, 11) is -0.194. The summed E-state index contributed by atoms with van der Waals surface area (Å²) in [5.41, 5.74) is 0. The molecule has 146 valence electrons. The number of hydrogen-bond donors (Lipinski definition) is 0. The average Bonchev–Trinajstić information content (AvgIpc) is 3.53. The number of aromatic nitrogens is 6. The Kier molecular flexibility index (Phi) is 14.1. The Labute approximate surface area is 183 Å². The maximum Gasteiger partial charge on any atom is 2.00 e. The number of hydrogen-bond acceptors (Lipinski definition) is 5. The van der Waals surface area contributed by atoms with E-state index in [0.717, 1.165) is 6.10 Å². The Morgan fingerprint density at radius 2 is 1.31 bits per heavy atom. The minimum Gasteiger partial charge on any atom is -0.425 e. The molecule has 1 fully saturated rings. The molecule has 29 heavy (non-hydrogen) atoms. The Balaban J connectivity index is 0.000000515. The second-order valence-electron chi connectivity index (χ2n) is 5.00. The zero-order valence-electron chi connectivity index (χ0n) is 15.4. The zero-order valence-corrected chi connectivity index (χ0v) is 17.4. The monoisotopic (exact) mass is 477 g/mol. The summed E-state index contributed by atoms with van der Waals surface area (Å²) in [6.45, 7) is 11.0. The molecule has 0 spiro atoms.